The predicted molar refractivity (Wildman–Crippen MR) is 87.6 cm³/mol. The first-order valence-corrected chi connectivity index (χ1v) is 8.09. The first kappa shape index (κ1) is 17.0. The van der Waals surface area contributed by atoms with Gasteiger partial charge in [0.15, 0.2) is 0 Å². The third-order valence-corrected chi connectivity index (χ3v) is 3.87. The number of hydrogen-bond acceptors (Lipinski definition) is 2. The molecule has 114 valence electrons. The Morgan fingerprint density at radius 3 is 2.35 bits per heavy atom. The highest BCUT2D eigenvalue weighted by atomic mass is 16.5. The lowest BCUT2D eigenvalue weighted by Gasteiger charge is -2.28. The minimum absolute atomic E-state index is 0.253. The van der Waals surface area contributed by atoms with Crippen LogP contribution in [0.5, 0.6) is 5.75 Å². The molecule has 2 heteroatoms. The van der Waals surface area contributed by atoms with E-state index >= 15 is 0 Å². The van der Waals surface area contributed by atoms with Crippen molar-refractivity contribution in [2.24, 2.45) is 0 Å². The average Bonchev–Trinajstić information content (AvgIpc) is 2.45. The number of aryl methyl sites for hydroxylation is 2. The average molecular weight is 277 g/mol. The van der Waals surface area contributed by atoms with E-state index in [1.54, 1.807) is 0 Å². The molecule has 0 saturated carbocycles. The van der Waals surface area contributed by atoms with Crippen molar-refractivity contribution in [1.82, 2.24) is 5.32 Å². The Morgan fingerprint density at radius 1 is 1.05 bits per heavy atom. The molecule has 0 heterocycles. The van der Waals surface area contributed by atoms with E-state index in [2.05, 4.69) is 58.1 Å². The summed E-state index contributed by atoms with van der Waals surface area (Å²) in [5.41, 5.74) is 2.62. The van der Waals surface area contributed by atoms with Crippen LogP contribution in [-0.4, -0.2) is 18.7 Å². The van der Waals surface area contributed by atoms with Gasteiger partial charge in [0.05, 0.1) is 0 Å². The van der Waals surface area contributed by atoms with Gasteiger partial charge in [-0.25, -0.2) is 0 Å². The summed E-state index contributed by atoms with van der Waals surface area (Å²) in [6, 6.07) is 6.84. The molecule has 0 saturated heterocycles. The number of benzene rings is 1. The van der Waals surface area contributed by atoms with Crippen LogP contribution in [0.1, 0.15) is 57.6 Å². The molecule has 20 heavy (non-hydrogen) atoms. The van der Waals surface area contributed by atoms with Gasteiger partial charge in [0.1, 0.15) is 11.9 Å². The zero-order valence-electron chi connectivity index (χ0n) is 13.8. The van der Waals surface area contributed by atoms with E-state index in [-0.39, 0.29) is 6.10 Å². The van der Waals surface area contributed by atoms with Crippen LogP contribution in [0.25, 0.3) is 0 Å². The van der Waals surface area contributed by atoms with Crippen LogP contribution in [0.15, 0.2) is 18.2 Å². The van der Waals surface area contributed by atoms with Gasteiger partial charge in [-0.05, 0) is 62.9 Å². The Hall–Kier alpha value is -1.02. The Bertz CT molecular complexity index is 389. The molecular weight excluding hydrogens is 246 g/mol. The molecule has 0 aliphatic carbocycles. The number of rotatable bonds is 9. The Balaban J connectivity index is 2.73. The maximum absolute atomic E-state index is 6.25. The van der Waals surface area contributed by atoms with Gasteiger partial charge in [-0.3, -0.25) is 0 Å². The largest absolute Gasteiger partial charge is 0.489 e. The summed E-state index contributed by atoms with van der Waals surface area (Å²) in [4.78, 5) is 0. The van der Waals surface area contributed by atoms with Crippen LogP contribution in [0.4, 0.5) is 0 Å². The molecule has 1 aromatic rings. The highest BCUT2D eigenvalue weighted by molar-refractivity contribution is 5.34. The standard InChI is InChI=1S/C18H31NO/c1-6-9-17(19-12-7-2)18(8-3)20-16-11-10-14(4)15(5)13-16/h10-11,13,17-19H,6-9,12H2,1-5H3. The molecule has 1 aromatic carbocycles. The van der Waals surface area contributed by atoms with E-state index in [1.165, 1.54) is 30.4 Å². The molecule has 0 amide bonds. The van der Waals surface area contributed by atoms with Crippen LogP contribution >= 0.6 is 0 Å². The highest BCUT2D eigenvalue weighted by Gasteiger charge is 2.20. The SMILES string of the molecule is CCCNC(CCC)C(CC)Oc1ccc(C)c(C)c1. The van der Waals surface area contributed by atoms with E-state index in [0.29, 0.717) is 6.04 Å². The summed E-state index contributed by atoms with van der Waals surface area (Å²) in [6.07, 6.45) is 4.81. The molecular formula is C18H31NO. The Kier molecular flexibility index (Phi) is 7.68. The number of nitrogens with one attached hydrogen (secondary N) is 1. The van der Waals surface area contributed by atoms with Gasteiger partial charge < -0.3 is 10.1 Å². The fourth-order valence-electron chi connectivity index (χ4n) is 2.47. The van der Waals surface area contributed by atoms with Crippen molar-refractivity contribution in [1.29, 1.82) is 0 Å². The van der Waals surface area contributed by atoms with Crippen molar-refractivity contribution in [2.45, 2.75) is 72.4 Å². The van der Waals surface area contributed by atoms with Crippen molar-refractivity contribution in [3.05, 3.63) is 29.3 Å². The molecule has 0 bridgehead atoms. The van der Waals surface area contributed by atoms with E-state index in [0.717, 1.165) is 18.7 Å². The molecule has 1 rings (SSSR count). The predicted octanol–water partition coefficient (Wildman–Crippen LogP) is 4.63. The number of ether oxygens (including phenoxy) is 1. The van der Waals surface area contributed by atoms with Crippen LogP contribution in [0.2, 0.25) is 0 Å². The molecule has 0 aliphatic heterocycles. The summed E-state index contributed by atoms with van der Waals surface area (Å²) in [5.74, 6) is 0.999. The summed E-state index contributed by atoms with van der Waals surface area (Å²) in [5, 5.41) is 3.64. The van der Waals surface area contributed by atoms with E-state index < -0.39 is 0 Å². The van der Waals surface area contributed by atoms with Gasteiger partial charge in [0, 0.05) is 6.04 Å². The fraction of sp³-hybridized carbons (Fsp3) is 0.667. The smallest absolute Gasteiger partial charge is 0.120 e. The van der Waals surface area contributed by atoms with Gasteiger partial charge in [0.25, 0.3) is 0 Å². The zero-order valence-corrected chi connectivity index (χ0v) is 13.8. The van der Waals surface area contributed by atoms with Crippen LogP contribution in [-0.2, 0) is 0 Å². The summed E-state index contributed by atoms with van der Waals surface area (Å²) < 4.78 is 6.25. The maximum Gasteiger partial charge on any atom is 0.120 e. The molecule has 0 aliphatic rings. The van der Waals surface area contributed by atoms with E-state index in [4.69, 9.17) is 4.74 Å². The third kappa shape index (κ3) is 5.16. The van der Waals surface area contributed by atoms with Gasteiger partial charge in [-0.2, -0.15) is 0 Å². The van der Waals surface area contributed by atoms with Crippen molar-refractivity contribution in [3.63, 3.8) is 0 Å². The fourth-order valence-corrected chi connectivity index (χ4v) is 2.47. The molecule has 2 atom stereocenters. The quantitative estimate of drug-likeness (QED) is 0.710. The molecule has 0 radical (unpaired) electrons. The summed E-state index contributed by atoms with van der Waals surface area (Å²) in [7, 11) is 0. The second-order valence-corrected chi connectivity index (χ2v) is 5.66. The lowest BCUT2D eigenvalue weighted by molar-refractivity contribution is 0.142. The summed E-state index contributed by atoms with van der Waals surface area (Å²) >= 11 is 0. The van der Waals surface area contributed by atoms with Gasteiger partial charge in [-0.15, -0.1) is 0 Å². The third-order valence-electron chi connectivity index (χ3n) is 3.87. The zero-order chi connectivity index (χ0) is 15.0. The van der Waals surface area contributed by atoms with Crippen LogP contribution in [0, 0.1) is 13.8 Å². The van der Waals surface area contributed by atoms with Crippen molar-refractivity contribution in [2.75, 3.05) is 6.54 Å². The minimum atomic E-state index is 0.253. The van der Waals surface area contributed by atoms with E-state index in [9.17, 15) is 0 Å². The second-order valence-electron chi connectivity index (χ2n) is 5.66. The molecule has 0 spiro atoms. The normalized spacial score (nSPS) is 14.1. The molecule has 2 unspecified atom stereocenters. The second kappa shape index (κ2) is 9.02. The Morgan fingerprint density at radius 2 is 1.80 bits per heavy atom. The van der Waals surface area contributed by atoms with Gasteiger partial charge >= 0.3 is 0 Å². The van der Waals surface area contributed by atoms with Crippen molar-refractivity contribution in [3.8, 4) is 5.75 Å². The topological polar surface area (TPSA) is 21.3 Å². The first-order chi connectivity index (χ1) is 9.62. The maximum atomic E-state index is 6.25. The molecule has 2 nitrogen and oxygen atoms in total. The lowest BCUT2D eigenvalue weighted by Crippen LogP contribution is -2.43. The summed E-state index contributed by atoms with van der Waals surface area (Å²) in [6.45, 7) is 12.0. The van der Waals surface area contributed by atoms with Crippen LogP contribution in [0.3, 0.4) is 0 Å². The lowest BCUT2D eigenvalue weighted by atomic mass is 10.0. The Labute approximate surface area is 124 Å². The molecule has 0 fully saturated rings. The van der Waals surface area contributed by atoms with Crippen molar-refractivity contribution >= 4 is 0 Å². The van der Waals surface area contributed by atoms with E-state index in [1.807, 2.05) is 0 Å². The van der Waals surface area contributed by atoms with Gasteiger partial charge in [-0.1, -0.05) is 33.3 Å². The minimum Gasteiger partial charge on any atom is -0.489 e. The van der Waals surface area contributed by atoms with Gasteiger partial charge in [0.2, 0.25) is 0 Å². The highest BCUT2D eigenvalue weighted by Crippen LogP contribution is 2.20. The molecule has 0 aromatic heterocycles. The molecule has 1 N–H and O–H groups in total. The monoisotopic (exact) mass is 277 g/mol. The first-order valence-electron chi connectivity index (χ1n) is 8.09. The van der Waals surface area contributed by atoms with Crippen molar-refractivity contribution < 1.29 is 4.74 Å². The van der Waals surface area contributed by atoms with Crippen LogP contribution < -0.4 is 10.1 Å². The number of hydrogen-bond donors (Lipinski definition) is 1.